The number of aryl methyl sites for hydroxylation is 1. The third kappa shape index (κ3) is 3.37. The Bertz CT molecular complexity index is 1310. The summed E-state index contributed by atoms with van der Waals surface area (Å²) in [6.45, 7) is 0.306. The number of pyridine rings is 1. The quantitative estimate of drug-likeness (QED) is 0.179. The summed E-state index contributed by atoms with van der Waals surface area (Å²) in [5.74, 6) is 0.629. The number of rotatable bonds is 4. The molecule has 0 saturated carbocycles. The Labute approximate surface area is 171 Å². The van der Waals surface area contributed by atoms with Gasteiger partial charge in [-0.3, -0.25) is 10.3 Å². The van der Waals surface area contributed by atoms with Crippen LogP contribution < -0.4 is 16.0 Å². The number of halogens is 1. The second-order valence-electron chi connectivity index (χ2n) is 6.72. The molecule has 1 aromatic carbocycles. The zero-order chi connectivity index (χ0) is 21.3. The second kappa shape index (κ2) is 7.71. The van der Waals surface area contributed by atoms with Gasteiger partial charge in [0.15, 0.2) is 12.0 Å². The van der Waals surface area contributed by atoms with E-state index in [0.29, 0.717) is 35.1 Å². The highest BCUT2D eigenvalue weighted by molar-refractivity contribution is 6.07. The highest BCUT2D eigenvalue weighted by atomic mass is 19.1. The molecule has 0 spiro atoms. The van der Waals surface area contributed by atoms with Crippen LogP contribution in [0.5, 0.6) is 0 Å². The number of aromatic amines is 1. The molecule has 3 aromatic heterocycles. The highest BCUT2D eigenvalue weighted by Crippen LogP contribution is 2.32. The zero-order valence-corrected chi connectivity index (χ0v) is 16.7. The minimum absolute atomic E-state index is 0.306. The summed E-state index contributed by atoms with van der Waals surface area (Å²) in [4.78, 5) is 16.3. The smallest absolute Gasteiger partial charge is 0.204 e. The van der Waals surface area contributed by atoms with Gasteiger partial charge in [-0.15, -0.1) is 0 Å². The van der Waals surface area contributed by atoms with Gasteiger partial charge in [0.05, 0.1) is 11.8 Å². The molecule has 0 aliphatic heterocycles. The Morgan fingerprint density at radius 2 is 2.17 bits per heavy atom. The highest BCUT2D eigenvalue weighted by Gasteiger charge is 2.15. The zero-order valence-electron chi connectivity index (χ0n) is 16.7. The lowest BCUT2D eigenvalue weighted by Crippen LogP contribution is -2.33. The van der Waals surface area contributed by atoms with E-state index >= 15 is 0 Å². The normalized spacial score (nSPS) is 11.6. The minimum atomic E-state index is -0.360. The van der Waals surface area contributed by atoms with Gasteiger partial charge in [-0.1, -0.05) is 0 Å². The first-order chi connectivity index (χ1) is 14.5. The Hall–Kier alpha value is -4.13. The van der Waals surface area contributed by atoms with Crippen molar-refractivity contribution in [1.82, 2.24) is 30.2 Å². The van der Waals surface area contributed by atoms with E-state index in [0.717, 1.165) is 22.1 Å². The lowest BCUT2D eigenvalue weighted by Gasteiger charge is -2.09. The second-order valence-corrected chi connectivity index (χ2v) is 6.72. The lowest BCUT2D eigenvalue weighted by molar-refractivity contribution is 0.625. The third-order valence-electron chi connectivity index (χ3n) is 4.80. The molecule has 30 heavy (non-hydrogen) atoms. The van der Waals surface area contributed by atoms with E-state index < -0.39 is 0 Å². The summed E-state index contributed by atoms with van der Waals surface area (Å²) in [7, 11) is 5.28. The largest absolute Gasteiger partial charge is 0.371 e. The van der Waals surface area contributed by atoms with Crippen molar-refractivity contribution in [2.45, 2.75) is 6.54 Å². The van der Waals surface area contributed by atoms with Crippen molar-refractivity contribution in [3.63, 3.8) is 0 Å². The molecule has 0 fully saturated rings. The maximum Gasteiger partial charge on any atom is 0.204 e. The number of nitrogens with one attached hydrogen (secondary N) is 4. The van der Waals surface area contributed by atoms with Crippen LogP contribution in [0.15, 0.2) is 35.6 Å². The molecule has 0 unspecified atom stereocenters. The number of anilines is 1. The molecular weight excluding hydrogens is 385 g/mol. The molecule has 4 aromatic rings. The number of aromatic nitrogens is 4. The summed E-state index contributed by atoms with van der Waals surface area (Å²) in [5.41, 5.74) is 4.55. The number of benzene rings is 1. The van der Waals surface area contributed by atoms with E-state index in [-0.39, 0.29) is 5.82 Å². The number of H-pyrrole nitrogens is 1. The maximum atomic E-state index is 14.3. The van der Waals surface area contributed by atoms with Gasteiger partial charge in [0.2, 0.25) is 5.96 Å². The van der Waals surface area contributed by atoms with Crippen molar-refractivity contribution in [2.75, 3.05) is 19.4 Å². The molecule has 0 aliphatic rings. The average Bonchev–Trinajstić information content (AvgIpc) is 3.33. The number of hydrogen-bond donors (Lipinski definition) is 4. The van der Waals surface area contributed by atoms with Crippen molar-refractivity contribution < 1.29 is 4.39 Å². The van der Waals surface area contributed by atoms with Crippen molar-refractivity contribution >= 4 is 33.8 Å². The van der Waals surface area contributed by atoms with Crippen molar-refractivity contribution in [2.24, 2.45) is 12.0 Å². The SMILES string of the molecule is CN=C(NC#N)NCc1cc(F)cc(-c2cc3c(nc(NC)c4ncn(C)c43)[nH]2)c1. The van der Waals surface area contributed by atoms with E-state index in [9.17, 15) is 4.39 Å². The summed E-state index contributed by atoms with van der Waals surface area (Å²) < 4.78 is 16.3. The fourth-order valence-electron chi connectivity index (χ4n) is 3.45. The van der Waals surface area contributed by atoms with Gasteiger partial charge in [0.1, 0.15) is 17.0 Å². The molecule has 0 bridgehead atoms. The van der Waals surface area contributed by atoms with Crippen LogP contribution >= 0.6 is 0 Å². The number of hydrogen-bond acceptors (Lipinski definition) is 5. The van der Waals surface area contributed by atoms with Crippen LogP contribution in [0.4, 0.5) is 10.2 Å². The molecule has 0 saturated heterocycles. The van der Waals surface area contributed by atoms with E-state index in [1.54, 1.807) is 26.6 Å². The molecular formula is C20H20FN9. The molecule has 4 rings (SSSR count). The van der Waals surface area contributed by atoms with Crippen LogP contribution in [0.1, 0.15) is 5.56 Å². The summed E-state index contributed by atoms with van der Waals surface area (Å²) in [5, 5.41) is 18.1. The first-order valence-electron chi connectivity index (χ1n) is 9.21. The standard InChI is InChI=1S/C20H20FN9/c1-23-19-16-17(30(3)10-27-16)14-7-15(28-18(14)29-19)12-4-11(5-13(21)6-12)8-25-20(24-2)26-9-22/h4-7,10H,8H2,1-3H3,(H2,23,28,29)(H2,24,25,26). The summed E-state index contributed by atoms with van der Waals surface area (Å²) in [6, 6.07) is 6.74. The van der Waals surface area contributed by atoms with Gasteiger partial charge < -0.3 is 20.2 Å². The van der Waals surface area contributed by atoms with E-state index in [1.807, 2.05) is 23.7 Å². The van der Waals surface area contributed by atoms with E-state index in [1.165, 1.54) is 12.1 Å². The van der Waals surface area contributed by atoms with Crippen LogP contribution in [0.3, 0.4) is 0 Å². The van der Waals surface area contributed by atoms with Crippen LogP contribution in [0.2, 0.25) is 0 Å². The van der Waals surface area contributed by atoms with Crippen LogP contribution in [-0.4, -0.2) is 39.6 Å². The molecule has 0 amide bonds. The fourth-order valence-corrected chi connectivity index (χ4v) is 3.45. The molecule has 9 nitrogen and oxygen atoms in total. The Morgan fingerprint density at radius 1 is 1.33 bits per heavy atom. The first kappa shape index (κ1) is 19.2. The van der Waals surface area contributed by atoms with Crippen LogP contribution in [0.25, 0.3) is 33.3 Å². The van der Waals surface area contributed by atoms with Gasteiger partial charge in [-0.25, -0.2) is 14.4 Å². The fraction of sp³-hybridized carbons (Fsp3) is 0.200. The number of aliphatic imine (C=N–C) groups is 1. The van der Waals surface area contributed by atoms with Gasteiger partial charge in [-0.05, 0) is 29.8 Å². The minimum Gasteiger partial charge on any atom is -0.371 e. The molecule has 0 radical (unpaired) electrons. The summed E-state index contributed by atoms with van der Waals surface area (Å²) in [6.07, 6.45) is 3.55. The van der Waals surface area contributed by atoms with Gasteiger partial charge in [0.25, 0.3) is 0 Å². The average molecular weight is 405 g/mol. The molecule has 152 valence electrons. The molecule has 0 aliphatic carbocycles. The predicted molar refractivity (Wildman–Crippen MR) is 114 cm³/mol. The van der Waals surface area contributed by atoms with Gasteiger partial charge in [-0.2, -0.15) is 5.26 Å². The van der Waals surface area contributed by atoms with Crippen LogP contribution in [0, 0.1) is 17.3 Å². The third-order valence-corrected chi connectivity index (χ3v) is 4.80. The first-order valence-corrected chi connectivity index (χ1v) is 9.21. The maximum absolute atomic E-state index is 14.3. The molecule has 0 atom stereocenters. The van der Waals surface area contributed by atoms with Crippen LogP contribution in [-0.2, 0) is 13.6 Å². The Balaban J connectivity index is 1.75. The number of imidazole rings is 1. The lowest BCUT2D eigenvalue weighted by atomic mass is 10.1. The number of fused-ring (bicyclic) bond motifs is 3. The summed E-state index contributed by atoms with van der Waals surface area (Å²) >= 11 is 0. The Morgan fingerprint density at radius 3 is 2.90 bits per heavy atom. The number of nitriles is 1. The molecule has 10 heteroatoms. The van der Waals surface area contributed by atoms with Crippen molar-refractivity contribution in [1.29, 1.82) is 5.26 Å². The molecule has 4 N–H and O–H groups in total. The van der Waals surface area contributed by atoms with Crippen molar-refractivity contribution in [3.05, 3.63) is 42.0 Å². The van der Waals surface area contributed by atoms with Gasteiger partial charge >= 0.3 is 0 Å². The monoisotopic (exact) mass is 405 g/mol. The van der Waals surface area contributed by atoms with E-state index in [2.05, 4.69) is 35.9 Å². The number of guanidine groups is 1. The number of nitrogens with zero attached hydrogens (tertiary/aromatic N) is 5. The Kier molecular flexibility index (Phi) is 4.93. The van der Waals surface area contributed by atoms with E-state index in [4.69, 9.17) is 5.26 Å². The predicted octanol–water partition coefficient (Wildman–Crippen LogP) is 2.44. The van der Waals surface area contributed by atoms with Gasteiger partial charge in [0, 0.05) is 44.3 Å². The molecule has 3 heterocycles. The topological polar surface area (TPSA) is 119 Å². The van der Waals surface area contributed by atoms with Crippen molar-refractivity contribution in [3.8, 4) is 17.5 Å².